The van der Waals surface area contributed by atoms with Gasteiger partial charge in [-0.05, 0) is 197 Å². The van der Waals surface area contributed by atoms with E-state index in [1.807, 2.05) is 39.8 Å². The van der Waals surface area contributed by atoms with Crippen molar-refractivity contribution in [3.8, 4) is 23.4 Å². The lowest BCUT2D eigenvalue weighted by Crippen LogP contribution is -2.41. The molecule has 0 aliphatic carbocycles. The largest absolute Gasteiger partial charge is 0.496 e. The minimum atomic E-state index is -4.01. The molecule has 0 radical (unpaired) electrons. The van der Waals surface area contributed by atoms with Crippen LogP contribution in [0.5, 0.6) is 0 Å². The fourth-order valence-corrected chi connectivity index (χ4v) is 23.1. The van der Waals surface area contributed by atoms with E-state index in [4.69, 9.17) is 69.8 Å². The highest BCUT2D eigenvalue weighted by atomic mass is 79.9. The standard InChI is InChI=1S/C24H24FN4O6PS.C17H21BrN3O6PS.C13H15BFNO2.C11H18NO5PS.C5H4BrN3O2/c1-3-34-36(31,35-4-2)15-37(32,33)19-9-5-16(6-10-19)11-22(30)23-24(27)28-14-21(29-23)20-12-18(25)8-7-17(20)13-26;1-3-26-28(23,27-4-2)11-29(24,25)13-7-5-12(6-8-13)9-14(22)16-17(19)20-10-15(18)21-16;1-12(2)13(3,4)18-14(17-12)11-7-10(15)6-5-9(11)8-16;1-3-16-18(13,17-4-2)9-19(14,15)11-7-5-10(12)6-8-11;6-2-1-8-4(7)3(9-2)5(10)11/h5-10,12,14H,3-4,11,15H2,1-2H3,(H2,27,28);5-8,10H,3-4,9,11H2,1-2H3,(H2,19,20);5-7H,1-4H3;5-8H,3-4,9,12H2,1-2H3;1H,(H2,7,8)(H,10,11). The van der Waals surface area contributed by atoms with Crippen LogP contribution in [0.4, 0.5) is 31.9 Å². The van der Waals surface area contributed by atoms with Gasteiger partial charge in [0.25, 0.3) is 0 Å². The van der Waals surface area contributed by atoms with E-state index in [9.17, 15) is 67.4 Å². The number of halogens is 4. The van der Waals surface area contributed by atoms with Gasteiger partial charge in [0, 0.05) is 29.6 Å². The Morgan fingerprint density at radius 2 is 0.825 bits per heavy atom. The molecule has 0 saturated carbocycles. The predicted molar refractivity (Wildman–Crippen MR) is 427 cm³/mol. The van der Waals surface area contributed by atoms with Crippen LogP contribution < -0.4 is 28.4 Å². The van der Waals surface area contributed by atoms with Gasteiger partial charge in [0.2, 0.25) is 0 Å². The average Bonchev–Trinajstić information content (AvgIpc) is 1.62. The summed E-state index contributed by atoms with van der Waals surface area (Å²) in [5.41, 5.74) is 21.3. The third-order valence-corrected chi connectivity index (χ3v) is 31.1. The molecule has 3 aromatic heterocycles. The van der Waals surface area contributed by atoms with Gasteiger partial charge < -0.3 is 64.5 Å². The monoisotopic (exact) mass is 1820 g/mol. The number of carboxylic acid groups (broad SMARTS) is 1. The topological polar surface area (TPSA) is 528 Å². The molecule has 1 saturated heterocycles. The second-order valence-electron chi connectivity index (χ2n) is 24.5. The minimum Gasteiger partial charge on any atom is -0.476 e. The highest BCUT2D eigenvalue weighted by molar-refractivity contribution is 9.10. The van der Waals surface area contributed by atoms with Crippen molar-refractivity contribution in [2.45, 2.75) is 108 Å². The van der Waals surface area contributed by atoms with Crippen LogP contribution in [0.1, 0.15) is 123 Å². The van der Waals surface area contributed by atoms with E-state index in [1.54, 1.807) is 41.5 Å². The van der Waals surface area contributed by atoms with Crippen LogP contribution in [0.25, 0.3) is 11.3 Å². The van der Waals surface area contributed by atoms with E-state index in [-0.39, 0.29) is 124 Å². The number of carbonyl (C=O) groups excluding carboxylic acids is 2. The van der Waals surface area contributed by atoms with Gasteiger partial charge in [-0.15, -0.1) is 0 Å². The third kappa shape index (κ3) is 27.8. The van der Waals surface area contributed by atoms with Gasteiger partial charge in [-0.25, -0.2) is 68.7 Å². The Morgan fingerprint density at radius 1 is 0.500 bits per heavy atom. The Bertz CT molecular complexity index is 5310. The van der Waals surface area contributed by atoms with Gasteiger partial charge in [0.1, 0.15) is 32.2 Å². The van der Waals surface area contributed by atoms with Gasteiger partial charge in [-0.2, -0.15) is 10.5 Å². The molecule has 0 bridgehead atoms. The van der Waals surface area contributed by atoms with Gasteiger partial charge in [0.15, 0.2) is 80.7 Å². The summed E-state index contributed by atoms with van der Waals surface area (Å²) in [5.74, 6) is -3.27. The molecule has 9 rings (SSSR count). The Balaban J connectivity index is 0.000000268. The molecule has 1 aliphatic rings. The molecule has 0 unspecified atom stereocenters. The first kappa shape index (κ1) is 96.0. The Hall–Kier alpha value is -8.57. The molecule has 4 heterocycles. The van der Waals surface area contributed by atoms with Crippen LogP contribution in [0.2, 0.25) is 0 Å². The number of nitrogens with zero attached hydrogens (tertiary/aromatic N) is 8. The molecular weight excluding hydrogens is 1740 g/mol. The number of rotatable bonds is 30. The summed E-state index contributed by atoms with van der Waals surface area (Å²) < 4.78 is 182. The summed E-state index contributed by atoms with van der Waals surface area (Å²) in [6.45, 7) is 17.7. The number of benzene rings is 5. The number of anilines is 4. The van der Waals surface area contributed by atoms with Crippen molar-refractivity contribution in [1.29, 1.82) is 10.5 Å². The first-order valence-electron chi connectivity index (χ1n) is 33.9. The minimum absolute atomic E-state index is 0.0139. The van der Waals surface area contributed by atoms with Crippen molar-refractivity contribution >= 4 is 137 Å². The van der Waals surface area contributed by atoms with Crippen molar-refractivity contribution < 1.29 is 104 Å². The second-order valence-corrected chi connectivity index (χ2v) is 39.5. The fourth-order valence-electron chi connectivity index (χ4n) is 9.68. The number of Topliss-reactive ketones (excluding diaryl/α,β-unsaturated/α-hetero) is 2. The molecule has 44 heteroatoms. The van der Waals surface area contributed by atoms with Gasteiger partial charge in [0.05, 0.1) is 113 Å². The maximum absolute atomic E-state index is 13.8. The summed E-state index contributed by atoms with van der Waals surface area (Å²) >= 11 is 6.11. The van der Waals surface area contributed by atoms with E-state index < -0.39 is 110 Å². The number of hydrogen-bond acceptors (Lipinski definition) is 32. The van der Waals surface area contributed by atoms with Crippen LogP contribution >= 0.6 is 54.6 Å². The maximum atomic E-state index is 13.8. The molecule has 0 amide bonds. The molecule has 5 aromatic carbocycles. The molecule has 1 fully saturated rings. The molecule has 33 nitrogen and oxygen atoms in total. The highest BCUT2D eigenvalue weighted by Gasteiger charge is 2.52. The van der Waals surface area contributed by atoms with Crippen molar-refractivity contribution in [3.05, 3.63) is 188 Å². The number of carbonyl (C=O) groups is 3. The van der Waals surface area contributed by atoms with Gasteiger partial charge in [-0.3, -0.25) is 23.3 Å². The zero-order valence-electron chi connectivity index (χ0n) is 63.1. The molecular formula is C70H82BBr2F2N12O21P3S3. The molecule has 114 heavy (non-hydrogen) atoms. The Kier molecular flexibility index (Phi) is 35.7. The van der Waals surface area contributed by atoms with E-state index >= 15 is 0 Å². The molecule has 0 atom stereocenters. The summed E-state index contributed by atoms with van der Waals surface area (Å²) in [6, 6.07) is 28.3. The molecule has 0 spiro atoms. The zero-order valence-corrected chi connectivity index (χ0v) is 71.4. The lowest BCUT2D eigenvalue weighted by atomic mass is 9.76. The van der Waals surface area contributed by atoms with E-state index in [1.165, 1.54) is 116 Å². The van der Waals surface area contributed by atoms with E-state index in [0.717, 1.165) is 12.1 Å². The average molecular weight is 1830 g/mol. The number of nitrogens with two attached hydrogens (primary N) is 4. The van der Waals surface area contributed by atoms with Crippen molar-refractivity contribution in [2.24, 2.45) is 0 Å². The fraction of sp³-hybridized carbons (Fsp3) is 0.329. The van der Waals surface area contributed by atoms with Gasteiger partial charge in [-0.1, -0.05) is 24.3 Å². The number of nitriles is 2. The lowest BCUT2D eigenvalue weighted by Gasteiger charge is -2.32. The summed E-state index contributed by atoms with van der Waals surface area (Å²) in [4.78, 5) is 58.9. The normalized spacial score (nSPS) is 13.2. The Labute approximate surface area is 675 Å². The molecule has 9 N–H and O–H groups in total. The molecule has 8 aromatic rings. The van der Waals surface area contributed by atoms with E-state index in [0.29, 0.717) is 37.0 Å². The van der Waals surface area contributed by atoms with Crippen molar-refractivity contribution in [1.82, 2.24) is 29.9 Å². The van der Waals surface area contributed by atoms with Crippen LogP contribution in [-0.4, -0.2) is 152 Å². The smallest absolute Gasteiger partial charge is 0.476 e. The quantitative estimate of drug-likeness (QED) is 0.0121. The molecule has 612 valence electrons. The van der Waals surface area contributed by atoms with Crippen molar-refractivity contribution in [3.63, 3.8) is 0 Å². The van der Waals surface area contributed by atoms with Crippen LogP contribution in [0.3, 0.4) is 0 Å². The summed E-state index contributed by atoms with van der Waals surface area (Å²) in [6.07, 6.45) is 3.74. The number of carboxylic acids is 1. The number of hydrogen-bond donors (Lipinski definition) is 5. The van der Waals surface area contributed by atoms with Gasteiger partial charge >= 0.3 is 35.9 Å². The maximum Gasteiger partial charge on any atom is 0.496 e. The Morgan fingerprint density at radius 3 is 1.18 bits per heavy atom. The van der Waals surface area contributed by atoms with Crippen LogP contribution in [-0.2, 0) is 92.5 Å². The first-order chi connectivity index (χ1) is 53.3. The predicted octanol–water partition coefficient (Wildman–Crippen LogP) is 12.2. The highest BCUT2D eigenvalue weighted by Crippen LogP contribution is 2.52. The second kappa shape index (κ2) is 42.3. The van der Waals surface area contributed by atoms with E-state index in [2.05, 4.69) is 61.8 Å². The number of aromatic nitrogens is 6. The number of ketones is 2. The summed E-state index contributed by atoms with van der Waals surface area (Å²) in [5, 5.41) is 26.8. The number of nitrogen functional groups attached to an aromatic ring is 4. The van der Waals surface area contributed by atoms with Crippen LogP contribution in [0.15, 0.2) is 152 Å². The third-order valence-electron chi connectivity index (χ3n) is 15.6. The molecule has 1 aliphatic heterocycles. The zero-order chi connectivity index (χ0) is 85.4. The van der Waals surface area contributed by atoms with Crippen LogP contribution in [0, 0.1) is 34.3 Å². The number of aromatic carboxylic acids is 1. The number of sulfone groups is 3. The SMILES string of the molecule is CC1(C)OB(c2cc(F)ccc2C#N)OC1(C)C.CCOP(=O)(CS(=O)(=O)c1ccc(CC(=O)c2nc(-c3cc(F)ccc3C#N)cnc2N)cc1)OCC.CCOP(=O)(CS(=O)(=O)c1ccc(CC(=O)c2nc(Br)cnc2N)cc1)OCC.CCOP(=O)(CS(=O)(=O)c1ccc(N)cc1)OCC.Nc1ncc(Br)nc1C(=O)O. The lowest BCUT2D eigenvalue weighted by molar-refractivity contribution is 0.00578. The summed E-state index contributed by atoms with van der Waals surface area (Å²) in [7, 11) is -23.6. The first-order valence-corrected chi connectivity index (χ1v) is 45.6. The van der Waals surface area contributed by atoms with Crippen molar-refractivity contribution in [2.75, 3.05) is 79.1 Å².